The monoisotopic (exact) mass is 253 g/mol. The number of hydrogen-bond donors (Lipinski definition) is 1. The smallest absolute Gasteiger partial charge is 0.323 e. The zero-order valence-electron chi connectivity index (χ0n) is 11.1. The molecule has 0 aromatic heterocycles. The first-order valence-electron chi connectivity index (χ1n) is 7.07. The van der Waals surface area contributed by atoms with Crippen molar-refractivity contribution in [2.75, 3.05) is 6.54 Å². The van der Waals surface area contributed by atoms with Crippen LogP contribution in [0.2, 0.25) is 0 Å². The third-order valence-corrected chi connectivity index (χ3v) is 4.12. The molecule has 0 aromatic carbocycles. The Hall–Kier alpha value is -1.06. The Morgan fingerprint density at radius 1 is 1.22 bits per heavy atom. The van der Waals surface area contributed by atoms with Crippen LogP contribution in [0.3, 0.4) is 0 Å². The summed E-state index contributed by atoms with van der Waals surface area (Å²) in [5.41, 5.74) is 0. The SMILES string of the molecule is CC1CCCC(CC(=O)N(CC(=O)O)C2CC2)C1. The van der Waals surface area contributed by atoms with Crippen LogP contribution in [0.4, 0.5) is 0 Å². The van der Waals surface area contributed by atoms with Crippen LogP contribution in [0.5, 0.6) is 0 Å². The van der Waals surface area contributed by atoms with E-state index in [9.17, 15) is 9.59 Å². The van der Waals surface area contributed by atoms with Gasteiger partial charge in [-0.15, -0.1) is 0 Å². The standard InChI is InChI=1S/C14H23NO3/c1-10-3-2-4-11(7-10)8-13(16)15(9-14(17)18)12-5-6-12/h10-12H,2-9H2,1H3,(H,17,18). The van der Waals surface area contributed by atoms with E-state index in [4.69, 9.17) is 5.11 Å². The summed E-state index contributed by atoms with van der Waals surface area (Å²) in [6, 6.07) is 0.203. The first-order valence-corrected chi connectivity index (χ1v) is 7.07. The van der Waals surface area contributed by atoms with Gasteiger partial charge in [-0.2, -0.15) is 0 Å². The minimum absolute atomic E-state index is 0.0546. The molecule has 0 heterocycles. The molecule has 0 aliphatic heterocycles. The third-order valence-electron chi connectivity index (χ3n) is 4.12. The lowest BCUT2D eigenvalue weighted by Crippen LogP contribution is -2.38. The molecule has 0 bridgehead atoms. The highest BCUT2D eigenvalue weighted by Crippen LogP contribution is 2.33. The quantitative estimate of drug-likeness (QED) is 0.817. The van der Waals surface area contributed by atoms with Gasteiger partial charge in [0.15, 0.2) is 0 Å². The summed E-state index contributed by atoms with van der Waals surface area (Å²) in [5.74, 6) is 0.341. The summed E-state index contributed by atoms with van der Waals surface area (Å²) < 4.78 is 0. The Kier molecular flexibility index (Phi) is 4.25. The number of carboxylic acid groups (broad SMARTS) is 1. The van der Waals surface area contributed by atoms with Crippen LogP contribution in [0, 0.1) is 11.8 Å². The topological polar surface area (TPSA) is 57.6 Å². The largest absolute Gasteiger partial charge is 0.480 e. The predicted molar refractivity (Wildman–Crippen MR) is 68.1 cm³/mol. The van der Waals surface area contributed by atoms with Gasteiger partial charge < -0.3 is 10.0 Å². The van der Waals surface area contributed by atoms with Crippen LogP contribution < -0.4 is 0 Å². The van der Waals surface area contributed by atoms with Gasteiger partial charge in [0.2, 0.25) is 5.91 Å². The minimum atomic E-state index is -0.896. The fourth-order valence-corrected chi connectivity index (χ4v) is 3.06. The second-order valence-corrected chi connectivity index (χ2v) is 5.99. The molecular formula is C14H23NO3. The van der Waals surface area contributed by atoms with Gasteiger partial charge in [-0.1, -0.05) is 19.8 Å². The normalized spacial score (nSPS) is 27.8. The van der Waals surface area contributed by atoms with E-state index in [1.165, 1.54) is 12.8 Å². The molecule has 2 unspecified atom stereocenters. The zero-order chi connectivity index (χ0) is 13.1. The molecule has 2 saturated carbocycles. The molecule has 0 spiro atoms. The predicted octanol–water partition coefficient (Wildman–Crippen LogP) is 2.28. The van der Waals surface area contributed by atoms with Gasteiger partial charge in [-0.05, 0) is 37.5 Å². The fourth-order valence-electron chi connectivity index (χ4n) is 3.06. The summed E-state index contributed by atoms with van der Waals surface area (Å²) in [5, 5.41) is 8.86. The Bertz CT molecular complexity index is 325. The Morgan fingerprint density at radius 2 is 1.94 bits per heavy atom. The highest BCUT2D eigenvalue weighted by Gasteiger charge is 2.34. The van der Waals surface area contributed by atoms with E-state index in [2.05, 4.69) is 6.92 Å². The molecule has 1 N–H and O–H groups in total. The highest BCUT2D eigenvalue weighted by molar-refractivity contribution is 5.82. The molecule has 2 rings (SSSR count). The van der Waals surface area contributed by atoms with Gasteiger partial charge in [0.25, 0.3) is 0 Å². The van der Waals surface area contributed by atoms with Crippen molar-refractivity contribution in [3.05, 3.63) is 0 Å². The van der Waals surface area contributed by atoms with Crippen molar-refractivity contribution < 1.29 is 14.7 Å². The number of carboxylic acids is 1. The number of carbonyl (C=O) groups excluding carboxylic acids is 1. The molecule has 0 aromatic rings. The zero-order valence-corrected chi connectivity index (χ0v) is 11.1. The lowest BCUT2D eigenvalue weighted by molar-refractivity contribution is -0.145. The summed E-state index contributed by atoms with van der Waals surface area (Å²) in [4.78, 5) is 24.6. The van der Waals surface area contributed by atoms with Crippen LogP contribution >= 0.6 is 0 Å². The van der Waals surface area contributed by atoms with Crippen molar-refractivity contribution in [1.29, 1.82) is 0 Å². The molecule has 102 valence electrons. The first-order chi connectivity index (χ1) is 8.56. The average molecular weight is 253 g/mol. The second kappa shape index (κ2) is 5.72. The van der Waals surface area contributed by atoms with Gasteiger partial charge >= 0.3 is 5.97 Å². The minimum Gasteiger partial charge on any atom is -0.480 e. The van der Waals surface area contributed by atoms with Gasteiger partial charge in [0.05, 0.1) is 0 Å². The molecule has 2 aliphatic rings. The maximum Gasteiger partial charge on any atom is 0.323 e. The highest BCUT2D eigenvalue weighted by atomic mass is 16.4. The Labute approximate surface area is 108 Å². The lowest BCUT2D eigenvalue weighted by atomic mass is 9.80. The fraction of sp³-hybridized carbons (Fsp3) is 0.857. The van der Waals surface area contributed by atoms with Crippen LogP contribution in [0.15, 0.2) is 0 Å². The molecule has 4 nitrogen and oxygen atoms in total. The average Bonchev–Trinajstić information content (AvgIpc) is 3.09. The van der Waals surface area contributed by atoms with Crippen molar-refractivity contribution in [2.45, 2.75) is 57.9 Å². The Morgan fingerprint density at radius 3 is 2.50 bits per heavy atom. The molecular weight excluding hydrogens is 230 g/mol. The number of carbonyl (C=O) groups is 2. The molecule has 2 fully saturated rings. The molecule has 1 amide bonds. The van der Waals surface area contributed by atoms with Crippen LogP contribution in [0.1, 0.15) is 51.9 Å². The number of aliphatic carboxylic acids is 1. The number of amides is 1. The van der Waals surface area contributed by atoms with Crippen molar-refractivity contribution >= 4 is 11.9 Å². The van der Waals surface area contributed by atoms with Crippen molar-refractivity contribution in [3.63, 3.8) is 0 Å². The van der Waals surface area contributed by atoms with E-state index >= 15 is 0 Å². The maximum atomic E-state index is 12.2. The van der Waals surface area contributed by atoms with E-state index in [0.717, 1.165) is 25.7 Å². The van der Waals surface area contributed by atoms with Gasteiger partial charge in [-0.25, -0.2) is 0 Å². The molecule has 18 heavy (non-hydrogen) atoms. The van der Waals surface area contributed by atoms with Crippen molar-refractivity contribution in [3.8, 4) is 0 Å². The first kappa shape index (κ1) is 13.4. The van der Waals surface area contributed by atoms with E-state index in [0.29, 0.717) is 18.3 Å². The lowest BCUT2D eigenvalue weighted by Gasteiger charge is -2.28. The third kappa shape index (κ3) is 3.72. The summed E-state index contributed by atoms with van der Waals surface area (Å²) in [6.07, 6.45) is 7.22. The van der Waals surface area contributed by atoms with E-state index < -0.39 is 5.97 Å². The van der Waals surface area contributed by atoms with E-state index in [-0.39, 0.29) is 18.5 Å². The molecule has 2 aliphatic carbocycles. The summed E-state index contributed by atoms with van der Waals surface area (Å²) in [6.45, 7) is 2.12. The van der Waals surface area contributed by atoms with Gasteiger partial charge in [-0.3, -0.25) is 9.59 Å². The molecule has 4 heteroatoms. The Balaban J connectivity index is 1.86. The summed E-state index contributed by atoms with van der Waals surface area (Å²) >= 11 is 0. The van der Waals surface area contributed by atoms with Crippen LogP contribution in [-0.4, -0.2) is 34.5 Å². The van der Waals surface area contributed by atoms with Crippen molar-refractivity contribution in [1.82, 2.24) is 4.90 Å². The molecule has 0 radical (unpaired) electrons. The van der Waals surface area contributed by atoms with E-state index in [1.807, 2.05) is 0 Å². The molecule has 2 atom stereocenters. The maximum absolute atomic E-state index is 12.2. The number of nitrogens with zero attached hydrogens (tertiary/aromatic N) is 1. The summed E-state index contributed by atoms with van der Waals surface area (Å²) in [7, 11) is 0. The second-order valence-electron chi connectivity index (χ2n) is 5.99. The van der Waals surface area contributed by atoms with Crippen molar-refractivity contribution in [2.24, 2.45) is 11.8 Å². The molecule has 0 saturated heterocycles. The van der Waals surface area contributed by atoms with Gasteiger partial charge in [0, 0.05) is 12.5 Å². The number of rotatable bonds is 5. The van der Waals surface area contributed by atoms with Gasteiger partial charge in [0.1, 0.15) is 6.54 Å². The number of hydrogen-bond acceptors (Lipinski definition) is 2. The van der Waals surface area contributed by atoms with Crippen LogP contribution in [-0.2, 0) is 9.59 Å². The van der Waals surface area contributed by atoms with E-state index in [1.54, 1.807) is 4.90 Å². The van der Waals surface area contributed by atoms with Crippen LogP contribution in [0.25, 0.3) is 0 Å².